The largest absolute Gasteiger partial charge is 0.507 e. The summed E-state index contributed by atoms with van der Waals surface area (Å²) in [5.41, 5.74) is 2.60. The van der Waals surface area contributed by atoms with Crippen molar-refractivity contribution in [2.24, 2.45) is 0 Å². The first kappa shape index (κ1) is 20.8. The van der Waals surface area contributed by atoms with Crippen molar-refractivity contribution in [1.82, 2.24) is 20.1 Å². The van der Waals surface area contributed by atoms with Crippen molar-refractivity contribution >= 4 is 28.3 Å². The van der Waals surface area contributed by atoms with Crippen LogP contribution in [0.4, 0.5) is 5.82 Å². The molecule has 0 spiro atoms. The van der Waals surface area contributed by atoms with Crippen LogP contribution < -0.4 is 5.32 Å². The molecule has 3 aromatic rings. The Kier molecular flexibility index (Phi) is 6.04. The maximum Gasteiger partial charge on any atom is 0.158 e. The second kappa shape index (κ2) is 8.71. The SMILES string of the molecule is Cc1cc(Cl)cc(O)c1-c1nnc(NC2CCCN(C(C)CO)C2)c2cccnc12. The minimum absolute atomic E-state index is 0.0582. The van der Waals surface area contributed by atoms with Gasteiger partial charge in [-0.3, -0.25) is 9.88 Å². The van der Waals surface area contributed by atoms with Crippen LogP contribution >= 0.6 is 11.6 Å². The average molecular weight is 428 g/mol. The van der Waals surface area contributed by atoms with Crippen LogP contribution in [0.15, 0.2) is 30.5 Å². The number of likely N-dealkylation sites (tertiary alicyclic amines) is 1. The van der Waals surface area contributed by atoms with Gasteiger partial charge in [0.05, 0.1) is 6.61 Å². The summed E-state index contributed by atoms with van der Waals surface area (Å²) in [5, 5.41) is 33.7. The first-order valence-corrected chi connectivity index (χ1v) is 10.6. The smallest absolute Gasteiger partial charge is 0.158 e. The highest BCUT2D eigenvalue weighted by molar-refractivity contribution is 6.31. The molecule has 0 saturated carbocycles. The summed E-state index contributed by atoms with van der Waals surface area (Å²) in [7, 11) is 0. The lowest BCUT2D eigenvalue weighted by Crippen LogP contribution is -2.47. The number of aliphatic hydroxyl groups is 1. The number of anilines is 1. The van der Waals surface area contributed by atoms with Crippen molar-refractivity contribution in [2.45, 2.75) is 38.8 Å². The Balaban J connectivity index is 1.70. The van der Waals surface area contributed by atoms with Crippen molar-refractivity contribution < 1.29 is 10.2 Å². The molecule has 158 valence electrons. The molecule has 1 aromatic carbocycles. The number of aryl methyl sites for hydroxylation is 1. The number of piperidine rings is 1. The molecule has 0 radical (unpaired) electrons. The lowest BCUT2D eigenvalue weighted by Gasteiger charge is -2.36. The highest BCUT2D eigenvalue weighted by atomic mass is 35.5. The summed E-state index contributed by atoms with van der Waals surface area (Å²) >= 11 is 6.06. The van der Waals surface area contributed by atoms with E-state index in [0.717, 1.165) is 36.9 Å². The second-order valence-corrected chi connectivity index (χ2v) is 8.36. The Bertz CT molecular complexity index is 1040. The van der Waals surface area contributed by atoms with Crippen LogP contribution in [0.2, 0.25) is 5.02 Å². The molecular weight excluding hydrogens is 402 g/mol. The molecule has 30 heavy (non-hydrogen) atoms. The van der Waals surface area contributed by atoms with E-state index < -0.39 is 0 Å². The summed E-state index contributed by atoms with van der Waals surface area (Å²) in [6.45, 7) is 5.89. The molecule has 0 aliphatic carbocycles. The van der Waals surface area contributed by atoms with Gasteiger partial charge in [0, 0.05) is 40.8 Å². The maximum atomic E-state index is 10.5. The Morgan fingerprint density at radius 3 is 2.93 bits per heavy atom. The van der Waals surface area contributed by atoms with Gasteiger partial charge in [-0.1, -0.05) is 11.6 Å². The van der Waals surface area contributed by atoms with Crippen molar-refractivity contribution in [2.75, 3.05) is 25.0 Å². The van der Waals surface area contributed by atoms with E-state index in [-0.39, 0.29) is 24.4 Å². The maximum absolute atomic E-state index is 10.5. The molecule has 4 rings (SSSR count). The lowest BCUT2D eigenvalue weighted by atomic mass is 10.0. The fourth-order valence-electron chi connectivity index (χ4n) is 4.13. The zero-order valence-corrected chi connectivity index (χ0v) is 17.9. The first-order chi connectivity index (χ1) is 14.5. The zero-order chi connectivity index (χ0) is 21.3. The number of aromatic nitrogens is 3. The van der Waals surface area contributed by atoms with Gasteiger partial charge in [0.25, 0.3) is 0 Å². The second-order valence-electron chi connectivity index (χ2n) is 7.92. The number of benzene rings is 1. The number of pyridine rings is 1. The highest BCUT2D eigenvalue weighted by Gasteiger charge is 2.25. The van der Waals surface area contributed by atoms with Gasteiger partial charge < -0.3 is 15.5 Å². The van der Waals surface area contributed by atoms with Crippen LogP contribution in [0.5, 0.6) is 5.75 Å². The van der Waals surface area contributed by atoms with E-state index in [1.807, 2.05) is 26.0 Å². The van der Waals surface area contributed by atoms with Gasteiger partial charge in [-0.2, -0.15) is 0 Å². The average Bonchev–Trinajstić information content (AvgIpc) is 2.74. The third-order valence-electron chi connectivity index (χ3n) is 5.73. The number of halogens is 1. The molecule has 2 atom stereocenters. The Labute approximate surface area is 180 Å². The lowest BCUT2D eigenvalue weighted by molar-refractivity contribution is 0.110. The number of nitrogens with zero attached hydrogens (tertiary/aromatic N) is 4. The molecule has 0 bridgehead atoms. The Morgan fingerprint density at radius 1 is 1.33 bits per heavy atom. The van der Waals surface area contributed by atoms with Gasteiger partial charge in [0.2, 0.25) is 0 Å². The highest BCUT2D eigenvalue weighted by Crippen LogP contribution is 2.37. The van der Waals surface area contributed by atoms with Crippen molar-refractivity contribution in [3.05, 3.63) is 41.0 Å². The van der Waals surface area contributed by atoms with Crippen molar-refractivity contribution in [3.8, 4) is 17.0 Å². The van der Waals surface area contributed by atoms with Crippen LogP contribution in [-0.2, 0) is 0 Å². The Hall–Kier alpha value is -2.48. The molecule has 3 N–H and O–H groups in total. The topological polar surface area (TPSA) is 94.4 Å². The molecule has 0 amide bonds. The van der Waals surface area contributed by atoms with Gasteiger partial charge in [-0.05, 0) is 63.1 Å². The van der Waals surface area contributed by atoms with E-state index in [4.69, 9.17) is 11.6 Å². The van der Waals surface area contributed by atoms with Gasteiger partial charge in [0.15, 0.2) is 5.82 Å². The van der Waals surface area contributed by atoms with Crippen LogP contribution in [0.25, 0.3) is 22.2 Å². The minimum Gasteiger partial charge on any atom is -0.507 e. The molecule has 1 aliphatic rings. The quantitative estimate of drug-likeness (QED) is 0.572. The molecule has 1 aliphatic heterocycles. The molecule has 7 nitrogen and oxygen atoms in total. The molecule has 1 saturated heterocycles. The number of rotatable bonds is 5. The summed E-state index contributed by atoms with van der Waals surface area (Å²) in [6.07, 6.45) is 3.79. The van der Waals surface area contributed by atoms with Crippen LogP contribution in [0.3, 0.4) is 0 Å². The van der Waals surface area contributed by atoms with E-state index in [1.165, 1.54) is 6.07 Å². The van der Waals surface area contributed by atoms with Gasteiger partial charge in [-0.25, -0.2) is 0 Å². The molecule has 1 fully saturated rings. The fourth-order valence-corrected chi connectivity index (χ4v) is 4.40. The number of phenols is 1. The van der Waals surface area contributed by atoms with E-state index in [2.05, 4.69) is 25.4 Å². The molecule has 3 heterocycles. The van der Waals surface area contributed by atoms with Crippen molar-refractivity contribution in [3.63, 3.8) is 0 Å². The third kappa shape index (κ3) is 4.05. The predicted molar refractivity (Wildman–Crippen MR) is 119 cm³/mol. The fraction of sp³-hybridized carbons (Fsp3) is 0.409. The predicted octanol–water partition coefficient (Wildman–Crippen LogP) is 3.62. The van der Waals surface area contributed by atoms with Gasteiger partial charge in [0.1, 0.15) is 17.0 Å². The summed E-state index contributed by atoms with van der Waals surface area (Å²) in [5.74, 6) is 0.735. The molecule has 8 heteroatoms. The summed E-state index contributed by atoms with van der Waals surface area (Å²) in [4.78, 5) is 6.83. The van der Waals surface area contributed by atoms with Gasteiger partial charge >= 0.3 is 0 Å². The van der Waals surface area contributed by atoms with Crippen molar-refractivity contribution in [1.29, 1.82) is 0 Å². The number of hydrogen-bond donors (Lipinski definition) is 3. The number of phenolic OH excluding ortho intramolecular Hbond substituents is 1. The summed E-state index contributed by atoms with van der Waals surface area (Å²) in [6, 6.07) is 7.47. The first-order valence-electron chi connectivity index (χ1n) is 10.2. The van der Waals surface area contributed by atoms with E-state index in [1.54, 1.807) is 12.3 Å². The van der Waals surface area contributed by atoms with E-state index in [9.17, 15) is 10.2 Å². The third-order valence-corrected chi connectivity index (χ3v) is 5.95. The Morgan fingerprint density at radius 2 is 2.17 bits per heavy atom. The monoisotopic (exact) mass is 427 g/mol. The number of nitrogens with one attached hydrogen (secondary N) is 1. The number of hydrogen-bond acceptors (Lipinski definition) is 7. The van der Waals surface area contributed by atoms with E-state index in [0.29, 0.717) is 27.6 Å². The minimum atomic E-state index is 0.0582. The zero-order valence-electron chi connectivity index (χ0n) is 17.1. The van der Waals surface area contributed by atoms with Crippen LogP contribution in [0, 0.1) is 6.92 Å². The molecular formula is C22H26ClN5O2. The summed E-state index contributed by atoms with van der Waals surface area (Å²) < 4.78 is 0. The molecule has 2 aromatic heterocycles. The normalized spacial score (nSPS) is 18.5. The number of fused-ring (bicyclic) bond motifs is 1. The number of aliphatic hydroxyl groups excluding tert-OH is 1. The molecule has 2 unspecified atom stereocenters. The van der Waals surface area contributed by atoms with Crippen LogP contribution in [-0.4, -0.2) is 62.1 Å². The van der Waals surface area contributed by atoms with Crippen LogP contribution in [0.1, 0.15) is 25.3 Å². The number of aromatic hydroxyl groups is 1. The van der Waals surface area contributed by atoms with Gasteiger partial charge in [-0.15, -0.1) is 10.2 Å². The standard InChI is InChI=1S/C22H26ClN5O2/c1-13-9-15(23)10-18(30)19(13)21-20-17(6-3-7-24-20)22(27-26-21)25-16-5-4-8-28(11-16)14(2)12-29/h3,6-7,9-10,14,16,29-30H,4-5,8,11-12H2,1-2H3,(H,25,27). The van der Waals surface area contributed by atoms with E-state index >= 15 is 0 Å².